The molecule has 0 aliphatic heterocycles. The molecule has 0 fully saturated rings. The monoisotopic (exact) mass is 624 g/mol. The summed E-state index contributed by atoms with van der Waals surface area (Å²) >= 11 is 0.164. The van der Waals surface area contributed by atoms with Crippen LogP contribution in [0.3, 0.4) is 0 Å². The van der Waals surface area contributed by atoms with Crippen molar-refractivity contribution in [2.45, 2.75) is 63.8 Å². The number of aromatic carboxylic acids is 1. The summed E-state index contributed by atoms with van der Waals surface area (Å²) in [4.78, 5) is 25.2. The van der Waals surface area contributed by atoms with Gasteiger partial charge in [0.1, 0.15) is 16.2 Å². The number of carbonyl (C=O) groups is 2. The van der Waals surface area contributed by atoms with E-state index < -0.39 is 58.2 Å². The Balaban J connectivity index is 2.05. The third-order valence-corrected chi connectivity index (χ3v) is 7.65. The predicted octanol–water partition coefficient (Wildman–Crippen LogP) is 7.55. The lowest BCUT2D eigenvalue weighted by Gasteiger charge is -2.29. The Morgan fingerprint density at radius 2 is 1.28 bits per heavy atom. The Kier molecular flexibility index (Phi) is 9.87. The summed E-state index contributed by atoms with van der Waals surface area (Å²) in [7, 11) is 1.24. The highest BCUT2D eigenvalue weighted by atomic mass is 32.2. The lowest BCUT2D eigenvalue weighted by Crippen LogP contribution is -2.37. The number of carboxylic acids is 1. The Morgan fingerprint density at radius 3 is 1.72 bits per heavy atom. The van der Waals surface area contributed by atoms with Crippen LogP contribution < -0.4 is 4.90 Å². The van der Waals surface area contributed by atoms with Gasteiger partial charge in [0.25, 0.3) is 0 Å². The molecule has 0 aliphatic carbocycles. The van der Waals surface area contributed by atoms with Crippen LogP contribution in [0.5, 0.6) is 5.75 Å². The first kappa shape index (κ1) is 33.9. The second-order valence-electron chi connectivity index (χ2n) is 12.2. The number of carboxylic acid groups (broad SMARTS) is 1. The zero-order valence-corrected chi connectivity index (χ0v) is 25.6. The van der Waals surface area contributed by atoms with Crippen molar-refractivity contribution in [1.29, 1.82) is 0 Å². The number of halogens is 5. The molecule has 0 radical (unpaired) electrons. The van der Waals surface area contributed by atoms with E-state index in [9.17, 15) is 41.8 Å². The molecule has 12 heteroatoms. The molecule has 0 spiro atoms. The molecule has 2 N–H and O–H groups in total. The number of carbonyl (C=O) groups excluding carboxylic acids is 1. The van der Waals surface area contributed by atoms with Crippen LogP contribution in [-0.2, 0) is 22.2 Å². The van der Waals surface area contributed by atoms with Crippen molar-refractivity contribution in [3.8, 4) is 5.75 Å². The number of likely N-dealkylation sites (N-methyl/N-ethyl adjacent to an activating group) is 1. The van der Waals surface area contributed by atoms with Gasteiger partial charge in [-0.1, -0.05) is 59.7 Å². The summed E-state index contributed by atoms with van der Waals surface area (Å²) in [6.07, 6.45) is 0. The summed E-state index contributed by atoms with van der Waals surface area (Å²) in [5, 5.41) is 19.7. The molecule has 0 heterocycles. The van der Waals surface area contributed by atoms with Crippen LogP contribution in [0, 0.1) is 29.1 Å². The van der Waals surface area contributed by atoms with Gasteiger partial charge < -0.3 is 15.1 Å². The first-order valence-electron chi connectivity index (χ1n) is 13.1. The second kappa shape index (κ2) is 12.5. The van der Waals surface area contributed by atoms with Crippen molar-refractivity contribution >= 4 is 29.5 Å². The summed E-state index contributed by atoms with van der Waals surface area (Å²) in [6, 6.07) is 9.50. The average molecular weight is 625 g/mol. The smallest absolute Gasteiger partial charge is 0.339 e. The molecule has 0 atom stereocenters. The fourth-order valence-electron chi connectivity index (χ4n) is 4.15. The van der Waals surface area contributed by atoms with Gasteiger partial charge in [-0.05, 0) is 58.6 Å². The maximum Gasteiger partial charge on any atom is 0.339 e. The molecule has 1 amide bonds. The molecular weight excluding hydrogens is 591 g/mol. The third kappa shape index (κ3) is 7.66. The number of hydrogen-bond acceptors (Lipinski definition) is 5. The minimum absolute atomic E-state index is 0.0429. The zero-order valence-electron chi connectivity index (χ0n) is 24.8. The topological polar surface area (TPSA) is 81.1 Å². The van der Waals surface area contributed by atoms with Gasteiger partial charge in [0.2, 0.25) is 11.7 Å². The first-order valence-corrected chi connectivity index (χ1v) is 13.9. The van der Waals surface area contributed by atoms with Gasteiger partial charge in [-0.3, -0.25) is 4.79 Å². The molecule has 0 bridgehead atoms. The lowest BCUT2D eigenvalue weighted by molar-refractivity contribution is -0.118. The Morgan fingerprint density at radius 1 is 0.791 bits per heavy atom. The third-order valence-electron chi connectivity index (χ3n) is 6.66. The highest BCUT2D eigenvalue weighted by molar-refractivity contribution is 7.97. The molecule has 43 heavy (non-hydrogen) atoms. The number of phenols is 1. The van der Waals surface area contributed by atoms with Crippen LogP contribution in [0.25, 0.3) is 0 Å². The van der Waals surface area contributed by atoms with Crippen LogP contribution >= 0.6 is 11.9 Å². The highest BCUT2D eigenvalue weighted by Crippen LogP contribution is 2.34. The van der Waals surface area contributed by atoms with Crippen molar-refractivity contribution in [1.82, 2.24) is 4.31 Å². The summed E-state index contributed by atoms with van der Waals surface area (Å²) in [6.45, 7) is 11.6. The van der Waals surface area contributed by atoms with E-state index in [1.807, 2.05) is 53.7 Å². The van der Waals surface area contributed by atoms with Crippen LogP contribution in [-0.4, -0.2) is 40.0 Å². The maximum atomic E-state index is 14.3. The highest BCUT2D eigenvalue weighted by Gasteiger charge is 2.29. The largest absolute Gasteiger partial charge is 0.507 e. The van der Waals surface area contributed by atoms with Gasteiger partial charge in [0.05, 0.1) is 13.1 Å². The summed E-state index contributed by atoms with van der Waals surface area (Å²) in [5.74, 6) is -13.2. The standard InChI is InChI=1S/C31H33F5N2O4S/c1-30(2,3)17-10-16(11-18(12-17)31(4,5)6)14-38(19-8-9-20(29(41)42)21(39)13-19)22(40)15-37(7)43-28-26(35)24(33)23(32)25(34)27(28)36/h8-13,39H,14-15H2,1-7H3,(H,41,42). The number of benzene rings is 3. The van der Waals surface area contributed by atoms with Gasteiger partial charge in [-0.2, -0.15) is 0 Å². The predicted molar refractivity (Wildman–Crippen MR) is 155 cm³/mol. The first-order chi connectivity index (χ1) is 19.7. The summed E-state index contributed by atoms with van der Waals surface area (Å²) in [5.41, 5.74) is 1.92. The van der Waals surface area contributed by atoms with E-state index in [2.05, 4.69) is 6.07 Å². The molecule has 0 unspecified atom stereocenters. The maximum absolute atomic E-state index is 14.3. The molecule has 3 aromatic rings. The minimum Gasteiger partial charge on any atom is -0.507 e. The number of nitrogens with zero attached hydrogens (tertiary/aromatic N) is 2. The molecule has 0 saturated heterocycles. The van der Waals surface area contributed by atoms with E-state index in [0.29, 0.717) is 5.56 Å². The van der Waals surface area contributed by atoms with Gasteiger partial charge in [0, 0.05) is 11.8 Å². The fourth-order valence-corrected chi connectivity index (χ4v) is 4.98. The lowest BCUT2D eigenvalue weighted by atomic mass is 9.79. The molecule has 0 saturated carbocycles. The van der Waals surface area contributed by atoms with Gasteiger partial charge >= 0.3 is 5.97 Å². The molecule has 232 valence electrons. The van der Waals surface area contributed by atoms with Gasteiger partial charge in [0.15, 0.2) is 23.3 Å². The molecule has 0 aromatic heterocycles. The van der Waals surface area contributed by atoms with Crippen LogP contribution in [0.2, 0.25) is 0 Å². The van der Waals surface area contributed by atoms with Crippen molar-refractivity contribution in [3.05, 3.63) is 87.7 Å². The van der Waals surface area contributed by atoms with Gasteiger partial charge in [-0.15, -0.1) is 0 Å². The SMILES string of the molecule is CN(CC(=O)N(Cc1cc(C(C)(C)C)cc(C(C)(C)C)c1)c1ccc(C(=O)O)c(O)c1)Sc1c(F)c(F)c(F)c(F)c1F. The fraction of sp³-hybridized carbons (Fsp3) is 0.355. The second-order valence-corrected chi connectivity index (χ2v) is 13.4. The van der Waals surface area contributed by atoms with Crippen LogP contribution in [0.15, 0.2) is 41.3 Å². The van der Waals surface area contributed by atoms with Crippen molar-refractivity contribution in [2.24, 2.45) is 0 Å². The molecule has 6 nitrogen and oxygen atoms in total. The molecule has 3 rings (SSSR count). The van der Waals surface area contributed by atoms with Crippen LogP contribution in [0.4, 0.5) is 27.6 Å². The van der Waals surface area contributed by atoms with E-state index in [1.54, 1.807) is 0 Å². The number of amides is 1. The number of rotatable bonds is 8. The van der Waals surface area contributed by atoms with E-state index in [4.69, 9.17) is 0 Å². The van der Waals surface area contributed by atoms with E-state index in [0.717, 1.165) is 27.6 Å². The molecule has 0 aliphatic rings. The average Bonchev–Trinajstić information content (AvgIpc) is 2.90. The Hall–Kier alpha value is -3.64. The normalized spacial score (nSPS) is 12.1. The number of anilines is 1. The van der Waals surface area contributed by atoms with Crippen LogP contribution in [0.1, 0.15) is 68.6 Å². The van der Waals surface area contributed by atoms with Gasteiger partial charge in [-0.25, -0.2) is 31.1 Å². The minimum atomic E-state index is -2.29. The van der Waals surface area contributed by atoms with E-state index >= 15 is 0 Å². The Labute approximate surface area is 251 Å². The van der Waals surface area contributed by atoms with Crippen molar-refractivity contribution in [3.63, 3.8) is 0 Å². The number of hydrogen-bond donors (Lipinski definition) is 2. The zero-order chi connectivity index (χ0) is 32.6. The quantitative estimate of drug-likeness (QED) is 0.117. The van der Waals surface area contributed by atoms with Crippen molar-refractivity contribution < 1.29 is 41.8 Å². The molecule has 3 aromatic carbocycles. The molecular formula is C31H33F5N2O4S. The summed E-state index contributed by atoms with van der Waals surface area (Å²) < 4.78 is 70.5. The van der Waals surface area contributed by atoms with E-state index in [1.165, 1.54) is 18.0 Å². The number of aromatic hydroxyl groups is 1. The van der Waals surface area contributed by atoms with Crippen molar-refractivity contribution in [2.75, 3.05) is 18.5 Å². The van der Waals surface area contributed by atoms with E-state index in [-0.39, 0.29) is 40.6 Å². The Bertz CT molecular complexity index is 1510.